The lowest BCUT2D eigenvalue weighted by molar-refractivity contribution is -0.125. The van der Waals surface area contributed by atoms with E-state index in [1.807, 2.05) is 30.3 Å². The van der Waals surface area contributed by atoms with E-state index in [1.54, 1.807) is 54.3 Å². The van der Waals surface area contributed by atoms with Gasteiger partial charge in [-0.25, -0.2) is 0 Å². The number of benzene rings is 3. The van der Waals surface area contributed by atoms with Crippen molar-refractivity contribution in [2.24, 2.45) is 0 Å². The van der Waals surface area contributed by atoms with Gasteiger partial charge in [0.1, 0.15) is 5.75 Å². The molecule has 1 aliphatic rings. The number of hydrogen-bond donors (Lipinski definition) is 1. The summed E-state index contributed by atoms with van der Waals surface area (Å²) in [6, 6.07) is 22.0. The van der Waals surface area contributed by atoms with E-state index in [2.05, 4.69) is 5.32 Å². The van der Waals surface area contributed by atoms with Gasteiger partial charge in [0.25, 0.3) is 11.8 Å². The molecule has 3 aromatic rings. The third-order valence-corrected chi connectivity index (χ3v) is 5.25. The van der Waals surface area contributed by atoms with Crippen LogP contribution in [-0.4, -0.2) is 24.5 Å². The molecule has 152 valence electrons. The monoisotopic (exact) mass is 420 g/mol. The number of amides is 2. The Kier molecular flexibility index (Phi) is 5.72. The van der Waals surface area contributed by atoms with Gasteiger partial charge < -0.3 is 15.0 Å². The lowest BCUT2D eigenvalue weighted by Gasteiger charge is -2.33. The minimum absolute atomic E-state index is 0.0976. The molecule has 0 saturated heterocycles. The lowest BCUT2D eigenvalue weighted by atomic mass is 10.1. The Hall–Kier alpha value is -3.31. The normalized spacial score (nSPS) is 15.3. The number of rotatable bonds is 5. The molecule has 30 heavy (non-hydrogen) atoms. The third kappa shape index (κ3) is 4.31. The number of carbonyl (C=O) groups excluding carboxylic acids is 2. The Morgan fingerprint density at radius 1 is 1.07 bits per heavy atom. The van der Waals surface area contributed by atoms with Gasteiger partial charge in [-0.3, -0.25) is 9.59 Å². The molecule has 6 heteroatoms. The van der Waals surface area contributed by atoms with Gasteiger partial charge in [0.15, 0.2) is 6.10 Å². The first-order valence-corrected chi connectivity index (χ1v) is 10.1. The second-order valence-electron chi connectivity index (χ2n) is 7.13. The van der Waals surface area contributed by atoms with E-state index in [9.17, 15) is 9.59 Å². The number of hydrogen-bond acceptors (Lipinski definition) is 3. The molecule has 3 aromatic carbocycles. The topological polar surface area (TPSA) is 58.6 Å². The summed E-state index contributed by atoms with van der Waals surface area (Å²) in [6.45, 7) is 2.27. The van der Waals surface area contributed by atoms with Crippen LogP contribution in [0.25, 0.3) is 0 Å². The Labute approximate surface area is 180 Å². The molecule has 0 aromatic heterocycles. The van der Waals surface area contributed by atoms with Crippen LogP contribution in [0.2, 0.25) is 5.02 Å². The van der Waals surface area contributed by atoms with E-state index in [1.165, 1.54) is 0 Å². The Bertz CT molecular complexity index is 1070. The first-order valence-electron chi connectivity index (χ1n) is 9.74. The maximum Gasteiger partial charge on any atom is 0.267 e. The second kappa shape index (κ2) is 8.59. The highest BCUT2D eigenvalue weighted by Gasteiger charge is 2.31. The molecule has 1 atom stereocenters. The Balaban J connectivity index is 1.56. The summed E-state index contributed by atoms with van der Waals surface area (Å²) in [7, 11) is 0. The van der Waals surface area contributed by atoms with Crippen molar-refractivity contribution in [2.75, 3.05) is 16.8 Å². The van der Waals surface area contributed by atoms with Crippen molar-refractivity contribution in [3.63, 3.8) is 0 Å². The quantitative estimate of drug-likeness (QED) is 0.635. The fraction of sp³-hybridized carbons (Fsp3) is 0.167. The maximum absolute atomic E-state index is 12.8. The van der Waals surface area contributed by atoms with Gasteiger partial charge in [-0.1, -0.05) is 41.9 Å². The van der Waals surface area contributed by atoms with Gasteiger partial charge >= 0.3 is 0 Å². The van der Waals surface area contributed by atoms with Crippen LogP contribution in [0.4, 0.5) is 11.4 Å². The summed E-state index contributed by atoms with van der Waals surface area (Å²) < 4.78 is 5.77. The molecule has 1 unspecified atom stereocenters. The van der Waals surface area contributed by atoms with Crippen LogP contribution in [0.1, 0.15) is 22.8 Å². The summed E-state index contributed by atoms with van der Waals surface area (Å²) in [5, 5.41) is 3.44. The predicted molar refractivity (Wildman–Crippen MR) is 118 cm³/mol. The molecular weight excluding hydrogens is 400 g/mol. The van der Waals surface area contributed by atoms with Gasteiger partial charge in [-0.05, 0) is 61.4 Å². The van der Waals surface area contributed by atoms with Crippen molar-refractivity contribution < 1.29 is 14.3 Å². The average molecular weight is 421 g/mol. The Morgan fingerprint density at radius 3 is 2.53 bits per heavy atom. The molecule has 0 spiro atoms. The first kappa shape index (κ1) is 20.0. The summed E-state index contributed by atoms with van der Waals surface area (Å²) in [5.74, 6) is 0.276. The average Bonchev–Trinajstić information content (AvgIpc) is 2.75. The second-order valence-corrected chi connectivity index (χ2v) is 7.57. The fourth-order valence-corrected chi connectivity index (χ4v) is 3.53. The molecule has 0 radical (unpaired) electrons. The number of halogens is 1. The van der Waals surface area contributed by atoms with E-state index in [0.717, 1.165) is 12.0 Å². The smallest absolute Gasteiger partial charge is 0.267 e. The maximum atomic E-state index is 12.8. The van der Waals surface area contributed by atoms with Crippen LogP contribution in [0.5, 0.6) is 5.75 Å². The Morgan fingerprint density at radius 2 is 1.80 bits per heavy atom. The van der Waals surface area contributed by atoms with Gasteiger partial charge in [-0.2, -0.15) is 0 Å². The fourth-order valence-electron chi connectivity index (χ4n) is 3.41. The molecule has 4 rings (SSSR count). The van der Waals surface area contributed by atoms with Crippen LogP contribution < -0.4 is 15.0 Å². The predicted octanol–water partition coefficient (Wildman–Crippen LogP) is 4.95. The minimum atomic E-state index is -0.553. The zero-order chi connectivity index (χ0) is 21.1. The van der Waals surface area contributed by atoms with Crippen molar-refractivity contribution in [1.82, 2.24) is 0 Å². The van der Waals surface area contributed by atoms with E-state index in [0.29, 0.717) is 34.3 Å². The van der Waals surface area contributed by atoms with E-state index in [4.69, 9.17) is 16.3 Å². The molecule has 0 fully saturated rings. The van der Waals surface area contributed by atoms with E-state index >= 15 is 0 Å². The number of ether oxygens (including phenoxy) is 1. The lowest BCUT2D eigenvalue weighted by Crippen LogP contribution is -2.45. The number of fused-ring (bicyclic) bond motifs is 1. The highest BCUT2D eigenvalue weighted by Crippen LogP contribution is 2.36. The van der Waals surface area contributed by atoms with Crippen LogP contribution in [0, 0.1) is 0 Å². The number of nitrogens with one attached hydrogen (secondary N) is 1. The SMILES string of the molecule is CC1Oc2ccc(NC(=O)c3ccc(Cl)cc3)cc2N(CCc2ccccc2)C1=O. The summed E-state index contributed by atoms with van der Waals surface area (Å²) >= 11 is 5.89. The van der Waals surface area contributed by atoms with Crippen molar-refractivity contribution in [1.29, 1.82) is 0 Å². The van der Waals surface area contributed by atoms with Crippen LogP contribution >= 0.6 is 11.6 Å². The van der Waals surface area contributed by atoms with Crippen LogP contribution in [0.3, 0.4) is 0 Å². The number of nitrogens with zero attached hydrogens (tertiary/aromatic N) is 1. The summed E-state index contributed by atoms with van der Waals surface area (Å²) in [4.78, 5) is 27.1. The molecule has 5 nitrogen and oxygen atoms in total. The number of carbonyl (C=O) groups is 2. The van der Waals surface area contributed by atoms with Gasteiger partial charge in [-0.15, -0.1) is 0 Å². The molecule has 1 N–H and O–H groups in total. The zero-order valence-corrected chi connectivity index (χ0v) is 17.2. The zero-order valence-electron chi connectivity index (χ0n) is 16.5. The van der Waals surface area contributed by atoms with Crippen LogP contribution in [0.15, 0.2) is 72.8 Å². The highest BCUT2D eigenvalue weighted by molar-refractivity contribution is 6.30. The van der Waals surface area contributed by atoms with Crippen molar-refractivity contribution in [3.05, 3.63) is 88.9 Å². The van der Waals surface area contributed by atoms with Crippen molar-refractivity contribution >= 4 is 34.8 Å². The van der Waals surface area contributed by atoms with E-state index < -0.39 is 6.10 Å². The van der Waals surface area contributed by atoms with Crippen LogP contribution in [-0.2, 0) is 11.2 Å². The highest BCUT2D eigenvalue weighted by atomic mass is 35.5. The summed E-state index contributed by atoms with van der Waals surface area (Å²) in [6.07, 6.45) is 0.169. The van der Waals surface area contributed by atoms with Gasteiger partial charge in [0, 0.05) is 22.8 Å². The van der Waals surface area contributed by atoms with Crippen molar-refractivity contribution in [2.45, 2.75) is 19.4 Å². The van der Waals surface area contributed by atoms with Gasteiger partial charge in [0.05, 0.1) is 5.69 Å². The molecule has 1 heterocycles. The molecule has 2 amide bonds. The minimum Gasteiger partial charge on any atom is -0.479 e. The van der Waals surface area contributed by atoms with Crippen molar-refractivity contribution in [3.8, 4) is 5.75 Å². The summed E-state index contributed by atoms with van der Waals surface area (Å²) in [5.41, 5.74) is 2.89. The molecule has 0 saturated carbocycles. The van der Waals surface area contributed by atoms with E-state index in [-0.39, 0.29) is 11.8 Å². The third-order valence-electron chi connectivity index (χ3n) is 5.00. The molecule has 0 bridgehead atoms. The standard InChI is InChI=1S/C24H21ClN2O3/c1-16-24(29)27(14-13-17-5-3-2-4-6-17)21-15-20(11-12-22(21)30-16)26-23(28)18-7-9-19(25)10-8-18/h2-12,15-16H,13-14H2,1H3,(H,26,28). The molecule has 1 aliphatic heterocycles. The molecular formula is C24H21ClN2O3. The van der Waals surface area contributed by atoms with Gasteiger partial charge in [0.2, 0.25) is 0 Å². The largest absolute Gasteiger partial charge is 0.479 e. The molecule has 0 aliphatic carbocycles. The number of anilines is 2. The first-order chi connectivity index (χ1) is 14.5.